The normalized spacial score (nSPS) is 16.9. The minimum atomic E-state index is -3.88. The molecule has 1 N–H and O–H groups in total. The number of thiophene rings is 1. The molecule has 6 nitrogen and oxygen atoms in total. The summed E-state index contributed by atoms with van der Waals surface area (Å²) in [6.45, 7) is 0.183. The van der Waals surface area contributed by atoms with E-state index < -0.39 is 27.8 Å². The van der Waals surface area contributed by atoms with Crippen LogP contribution in [0, 0.1) is 5.82 Å². The second-order valence-electron chi connectivity index (χ2n) is 6.96. The van der Waals surface area contributed by atoms with E-state index in [0.717, 1.165) is 5.41 Å². The van der Waals surface area contributed by atoms with Crippen molar-refractivity contribution >= 4 is 62.2 Å². The summed E-state index contributed by atoms with van der Waals surface area (Å²) in [6.07, 6.45) is 4.63. The number of rotatable bonds is 6. The number of pyridine rings is 1. The number of amides is 1. The molecule has 3 aromatic rings. The zero-order valence-electron chi connectivity index (χ0n) is 16.3. The van der Waals surface area contributed by atoms with E-state index in [4.69, 9.17) is 23.2 Å². The molecule has 0 radical (unpaired) electrons. The smallest absolute Gasteiger partial charge is 0.245 e. The number of carbonyl (C=O) groups excluding carboxylic acids is 1. The summed E-state index contributed by atoms with van der Waals surface area (Å²) in [5.41, 5.74) is 1.24. The topological polar surface area (TPSA) is 79.4 Å². The lowest BCUT2D eigenvalue weighted by atomic mass is 10.1. The van der Waals surface area contributed by atoms with E-state index in [2.05, 4.69) is 9.71 Å². The zero-order valence-corrected chi connectivity index (χ0v) is 19.5. The predicted octanol–water partition coefficient (Wildman–Crippen LogP) is 4.95. The highest BCUT2D eigenvalue weighted by molar-refractivity contribution is 7.92. The van der Waals surface area contributed by atoms with Gasteiger partial charge in [0.1, 0.15) is 11.9 Å². The van der Waals surface area contributed by atoms with Crippen molar-refractivity contribution in [1.29, 1.82) is 0 Å². The molecule has 11 heteroatoms. The number of anilines is 1. The molecule has 2 aromatic heterocycles. The van der Waals surface area contributed by atoms with E-state index in [1.165, 1.54) is 40.6 Å². The van der Waals surface area contributed by atoms with Gasteiger partial charge in [0.25, 0.3) is 0 Å². The molecule has 166 valence electrons. The van der Waals surface area contributed by atoms with Crippen LogP contribution in [0.1, 0.15) is 11.3 Å². The first-order valence-electron chi connectivity index (χ1n) is 9.40. The number of aromatic nitrogens is 1. The Hall–Kier alpha value is -2.30. The molecule has 1 atom stereocenters. The summed E-state index contributed by atoms with van der Waals surface area (Å²) >= 11 is 13.2. The highest BCUT2D eigenvalue weighted by atomic mass is 35.5. The van der Waals surface area contributed by atoms with Crippen molar-refractivity contribution < 1.29 is 17.6 Å². The molecule has 3 heterocycles. The lowest BCUT2D eigenvalue weighted by molar-refractivity contribution is -0.118. The molecule has 0 unspecified atom stereocenters. The average Bonchev–Trinajstić information content (AvgIpc) is 3.32. The van der Waals surface area contributed by atoms with Gasteiger partial charge >= 0.3 is 0 Å². The fourth-order valence-electron chi connectivity index (χ4n) is 3.34. The Kier molecular flexibility index (Phi) is 6.64. The number of nitrogens with one attached hydrogen (secondary N) is 1. The van der Waals surface area contributed by atoms with Gasteiger partial charge in [0.15, 0.2) is 0 Å². The molecule has 1 aromatic carbocycles. The largest absolute Gasteiger partial charge is 0.308 e. The van der Waals surface area contributed by atoms with E-state index in [9.17, 15) is 17.6 Å². The lowest BCUT2D eigenvalue weighted by Crippen LogP contribution is -2.40. The van der Waals surface area contributed by atoms with Crippen molar-refractivity contribution in [3.63, 3.8) is 0 Å². The van der Waals surface area contributed by atoms with Gasteiger partial charge in [0, 0.05) is 34.8 Å². The summed E-state index contributed by atoms with van der Waals surface area (Å²) in [5, 5.41) is 1.36. The van der Waals surface area contributed by atoms with Gasteiger partial charge in [-0.1, -0.05) is 29.3 Å². The van der Waals surface area contributed by atoms with Gasteiger partial charge in [-0.3, -0.25) is 9.78 Å². The second-order valence-corrected chi connectivity index (χ2v) is 10.7. The Morgan fingerprint density at radius 3 is 2.72 bits per heavy atom. The molecule has 1 fully saturated rings. The van der Waals surface area contributed by atoms with Gasteiger partial charge in [0.2, 0.25) is 15.9 Å². The third-order valence-corrected chi connectivity index (χ3v) is 7.44. The van der Waals surface area contributed by atoms with E-state index in [1.807, 2.05) is 0 Å². The molecule has 1 aliphatic rings. The van der Waals surface area contributed by atoms with Crippen LogP contribution in [0.25, 0.3) is 17.2 Å². The van der Waals surface area contributed by atoms with Crippen LogP contribution in [-0.2, 0) is 14.8 Å². The zero-order chi connectivity index (χ0) is 22.9. The molecule has 1 aliphatic heterocycles. The van der Waals surface area contributed by atoms with Gasteiger partial charge in [0.05, 0.1) is 15.0 Å². The Morgan fingerprint density at radius 2 is 2.03 bits per heavy atom. The van der Waals surface area contributed by atoms with Crippen molar-refractivity contribution in [1.82, 2.24) is 9.71 Å². The number of hydrogen-bond donors (Lipinski definition) is 1. The Balaban J connectivity index is 1.48. The van der Waals surface area contributed by atoms with Crippen LogP contribution >= 0.6 is 34.5 Å². The van der Waals surface area contributed by atoms with E-state index in [-0.39, 0.29) is 18.7 Å². The number of nitrogens with zero attached hydrogens (tertiary/aromatic N) is 2. The molecule has 0 spiro atoms. The van der Waals surface area contributed by atoms with Crippen LogP contribution in [0.5, 0.6) is 0 Å². The summed E-state index contributed by atoms with van der Waals surface area (Å²) in [6, 6.07) is 8.46. The Labute approximate surface area is 198 Å². The van der Waals surface area contributed by atoms with Crippen molar-refractivity contribution in [3.8, 4) is 11.1 Å². The van der Waals surface area contributed by atoms with E-state index in [0.29, 0.717) is 25.4 Å². The lowest BCUT2D eigenvalue weighted by Gasteiger charge is -2.18. The number of halogens is 3. The number of benzene rings is 1. The Morgan fingerprint density at radius 1 is 1.22 bits per heavy atom. The SMILES string of the molecule is O=C1[C@@H](NS(=O)(=O)/C=C/c2ccc(Cl)s2)CCN1c1ccc(-c2ccncc2Cl)cc1F. The molecule has 0 bridgehead atoms. The molecule has 32 heavy (non-hydrogen) atoms. The van der Waals surface area contributed by atoms with Crippen LogP contribution in [0.15, 0.2) is 54.2 Å². The minimum absolute atomic E-state index is 0.0781. The van der Waals surface area contributed by atoms with Crippen LogP contribution in [-0.4, -0.2) is 31.9 Å². The average molecular weight is 512 g/mol. The molecule has 4 rings (SSSR count). The molecular formula is C21H16Cl2FN3O3S2. The summed E-state index contributed by atoms with van der Waals surface area (Å²) in [4.78, 5) is 18.6. The number of hydrogen-bond acceptors (Lipinski definition) is 5. The van der Waals surface area contributed by atoms with Gasteiger partial charge < -0.3 is 4.90 Å². The van der Waals surface area contributed by atoms with Gasteiger partial charge in [-0.25, -0.2) is 12.8 Å². The summed E-state index contributed by atoms with van der Waals surface area (Å²) < 4.78 is 42.5. The van der Waals surface area contributed by atoms with Gasteiger partial charge in [-0.05, 0) is 48.4 Å². The molecular weight excluding hydrogens is 496 g/mol. The Bertz CT molecular complexity index is 1310. The first-order chi connectivity index (χ1) is 15.2. The molecule has 0 saturated carbocycles. The quantitative estimate of drug-likeness (QED) is 0.507. The third-order valence-electron chi connectivity index (χ3n) is 4.84. The number of carbonyl (C=O) groups is 1. The first-order valence-corrected chi connectivity index (χ1v) is 12.5. The molecule has 0 aliphatic carbocycles. The number of sulfonamides is 1. The van der Waals surface area contributed by atoms with Gasteiger partial charge in [-0.15, -0.1) is 11.3 Å². The van der Waals surface area contributed by atoms with Crippen molar-refractivity contribution in [3.05, 3.63) is 74.3 Å². The standard InChI is InChI=1S/C21H16Cl2FN3O3S2/c22-16-12-25-8-5-15(16)13-1-3-19(17(24)11-13)27-9-6-18(21(27)28)26-32(29,30)10-7-14-2-4-20(23)31-14/h1-5,7-8,10-12,18,26H,6,9H2/b10-7+/t18-/m0/s1. The fraction of sp³-hybridized carbons (Fsp3) is 0.143. The van der Waals surface area contributed by atoms with E-state index >= 15 is 0 Å². The van der Waals surface area contributed by atoms with Crippen molar-refractivity contribution in [2.24, 2.45) is 0 Å². The second kappa shape index (κ2) is 9.29. The highest BCUT2D eigenvalue weighted by Crippen LogP contribution is 2.32. The monoisotopic (exact) mass is 511 g/mol. The molecule has 1 amide bonds. The highest BCUT2D eigenvalue weighted by Gasteiger charge is 2.36. The maximum Gasteiger partial charge on any atom is 0.245 e. The van der Waals surface area contributed by atoms with Crippen LogP contribution < -0.4 is 9.62 Å². The maximum atomic E-state index is 14.9. The van der Waals surface area contributed by atoms with Crippen LogP contribution in [0.3, 0.4) is 0 Å². The first kappa shape index (κ1) is 22.9. The summed E-state index contributed by atoms with van der Waals surface area (Å²) in [5.74, 6) is -1.13. The van der Waals surface area contributed by atoms with Crippen molar-refractivity contribution in [2.45, 2.75) is 12.5 Å². The minimum Gasteiger partial charge on any atom is -0.308 e. The fourth-order valence-corrected chi connectivity index (χ4v) is 5.64. The summed E-state index contributed by atoms with van der Waals surface area (Å²) in [7, 11) is -3.88. The van der Waals surface area contributed by atoms with Crippen LogP contribution in [0.2, 0.25) is 9.36 Å². The third kappa shape index (κ3) is 5.02. The van der Waals surface area contributed by atoms with Crippen LogP contribution in [0.4, 0.5) is 10.1 Å². The molecule has 1 saturated heterocycles. The van der Waals surface area contributed by atoms with E-state index in [1.54, 1.807) is 30.5 Å². The van der Waals surface area contributed by atoms with Crippen molar-refractivity contribution in [2.75, 3.05) is 11.4 Å². The van der Waals surface area contributed by atoms with Gasteiger partial charge in [-0.2, -0.15) is 4.72 Å². The predicted molar refractivity (Wildman–Crippen MR) is 126 cm³/mol. The maximum absolute atomic E-state index is 14.9.